The molecule has 0 aromatic heterocycles. The van der Waals surface area contributed by atoms with E-state index in [1.807, 2.05) is 55.5 Å². The summed E-state index contributed by atoms with van der Waals surface area (Å²) in [6.45, 7) is 3.84. The van der Waals surface area contributed by atoms with Crippen molar-refractivity contribution in [3.05, 3.63) is 65.2 Å². The monoisotopic (exact) mass is 370 g/mol. The Labute approximate surface area is 160 Å². The van der Waals surface area contributed by atoms with Crippen molar-refractivity contribution in [1.29, 1.82) is 0 Å². The van der Waals surface area contributed by atoms with Gasteiger partial charge in [0.15, 0.2) is 6.10 Å². The summed E-state index contributed by atoms with van der Waals surface area (Å²) in [6.07, 6.45) is -0.429. The zero-order valence-corrected chi connectivity index (χ0v) is 16.0. The Morgan fingerprint density at radius 1 is 1.26 bits per heavy atom. The molecule has 0 saturated carbocycles. The van der Waals surface area contributed by atoms with Crippen LogP contribution in [0.5, 0.6) is 0 Å². The highest BCUT2D eigenvalue weighted by molar-refractivity contribution is 6.45. The predicted octanol–water partition coefficient (Wildman–Crippen LogP) is 1.95. The smallest absolute Gasteiger partial charge is 0.373 e. The van der Waals surface area contributed by atoms with Crippen LogP contribution in [0.4, 0.5) is 5.69 Å². The van der Waals surface area contributed by atoms with Gasteiger partial charge in [0, 0.05) is 11.7 Å². The number of hydrogen-bond acceptors (Lipinski definition) is 6. The first kappa shape index (κ1) is 21.0. The Balaban J connectivity index is 2.24. The number of ether oxygens (including phenoxy) is 2. The van der Waals surface area contributed by atoms with Gasteiger partial charge < -0.3 is 25.5 Å². The van der Waals surface area contributed by atoms with Gasteiger partial charge in [-0.25, -0.2) is 4.79 Å². The third kappa shape index (κ3) is 6.39. The van der Waals surface area contributed by atoms with Crippen LogP contribution in [0, 0.1) is 6.92 Å². The SMILES string of the molecule is COC(=O)C(OCc1ccccc1)[C@H](Cc1cc(N)ccc1C)NB(C)O. The number of benzene rings is 2. The lowest BCUT2D eigenvalue weighted by molar-refractivity contribution is -0.156. The van der Waals surface area contributed by atoms with Gasteiger partial charge in [-0.3, -0.25) is 0 Å². The summed E-state index contributed by atoms with van der Waals surface area (Å²) in [6, 6.07) is 14.7. The van der Waals surface area contributed by atoms with Crippen molar-refractivity contribution in [3.63, 3.8) is 0 Å². The molecule has 2 aromatic rings. The van der Waals surface area contributed by atoms with Gasteiger partial charge in [0.05, 0.1) is 13.7 Å². The number of carbonyl (C=O) groups is 1. The maximum absolute atomic E-state index is 12.4. The molecule has 2 atom stereocenters. The summed E-state index contributed by atoms with van der Waals surface area (Å²) in [7, 11) is 0.510. The van der Waals surface area contributed by atoms with Gasteiger partial charge in [0.2, 0.25) is 0 Å². The van der Waals surface area contributed by atoms with Crippen molar-refractivity contribution in [3.8, 4) is 0 Å². The minimum atomic E-state index is -0.884. The molecule has 7 heteroatoms. The van der Waals surface area contributed by atoms with Crippen molar-refractivity contribution >= 4 is 18.7 Å². The molecule has 4 N–H and O–H groups in total. The second-order valence-corrected chi connectivity index (χ2v) is 6.58. The van der Waals surface area contributed by atoms with E-state index in [0.29, 0.717) is 12.1 Å². The molecule has 27 heavy (non-hydrogen) atoms. The third-order valence-electron chi connectivity index (χ3n) is 4.34. The average Bonchev–Trinajstić information content (AvgIpc) is 2.64. The fourth-order valence-electron chi connectivity index (χ4n) is 2.94. The van der Waals surface area contributed by atoms with Crippen LogP contribution >= 0.6 is 0 Å². The van der Waals surface area contributed by atoms with E-state index in [4.69, 9.17) is 15.2 Å². The van der Waals surface area contributed by atoms with E-state index >= 15 is 0 Å². The molecule has 0 radical (unpaired) electrons. The van der Waals surface area contributed by atoms with Crippen molar-refractivity contribution in [2.75, 3.05) is 12.8 Å². The van der Waals surface area contributed by atoms with Crippen molar-refractivity contribution in [1.82, 2.24) is 5.23 Å². The average molecular weight is 370 g/mol. The fraction of sp³-hybridized carbons (Fsp3) is 0.350. The highest BCUT2D eigenvalue weighted by Crippen LogP contribution is 2.18. The van der Waals surface area contributed by atoms with Gasteiger partial charge in [-0.05, 0) is 49.0 Å². The number of anilines is 1. The molecular formula is C20H27BN2O4. The highest BCUT2D eigenvalue weighted by atomic mass is 16.6. The molecule has 0 aliphatic heterocycles. The zero-order chi connectivity index (χ0) is 19.8. The van der Waals surface area contributed by atoms with E-state index in [9.17, 15) is 9.82 Å². The van der Waals surface area contributed by atoms with Gasteiger partial charge in [-0.2, -0.15) is 0 Å². The van der Waals surface area contributed by atoms with Crippen molar-refractivity contribution in [2.24, 2.45) is 0 Å². The zero-order valence-electron chi connectivity index (χ0n) is 16.0. The third-order valence-corrected chi connectivity index (χ3v) is 4.34. The van der Waals surface area contributed by atoms with Crippen LogP contribution in [0.2, 0.25) is 6.82 Å². The molecule has 0 fully saturated rings. The Morgan fingerprint density at radius 2 is 1.96 bits per heavy atom. The van der Waals surface area contributed by atoms with Crippen LogP contribution in [0.15, 0.2) is 48.5 Å². The van der Waals surface area contributed by atoms with Gasteiger partial charge in [-0.15, -0.1) is 0 Å². The van der Waals surface area contributed by atoms with E-state index in [-0.39, 0.29) is 6.61 Å². The maximum atomic E-state index is 12.4. The predicted molar refractivity (Wildman–Crippen MR) is 107 cm³/mol. The molecule has 144 valence electrons. The standard InChI is InChI=1S/C20H27BN2O4/c1-14-9-10-17(22)11-16(14)12-18(23-21(2)25)19(20(24)26-3)27-13-15-7-5-4-6-8-15/h4-11,18-19,23,25H,12-13,22H2,1-3H3/t18-,19?/m0/s1. The summed E-state index contributed by atoms with van der Waals surface area (Å²) in [4.78, 5) is 12.4. The molecule has 0 bridgehead atoms. The molecule has 0 heterocycles. The Kier molecular flexibility index (Phi) is 7.85. The first-order valence-electron chi connectivity index (χ1n) is 8.93. The summed E-state index contributed by atoms with van der Waals surface area (Å²) in [5.41, 5.74) is 9.53. The van der Waals surface area contributed by atoms with Crippen LogP contribution in [-0.4, -0.2) is 37.3 Å². The van der Waals surface area contributed by atoms with Crippen LogP contribution < -0.4 is 11.0 Å². The summed E-state index contributed by atoms with van der Waals surface area (Å²) < 4.78 is 10.9. The van der Waals surface area contributed by atoms with Gasteiger partial charge in [-0.1, -0.05) is 36.4 Å². The topological polar surface area (TPSA) is 93.8 Å². The molecule has 6 nitrogen and oxygen atoms in total. The second-order valence-electron chi connectivity index (χ2n) is 6.58. The molecular weight excluding hydrogens is 343 g/mol. The number of esters is 1. The number of nitrogen functional groups attached to an aromatic ring is 1. The molecule has 0 amide bonds. The largest absolute Gasteiger partial charge is 0.467 e. The number of aryl methyl sites for hydroxylation is 1. The number of nitrogens with one attached hydrogen (secondary N) is 1. The second kappa shape index (κ2) is 10.1. The first-order valence-corrected chi connectivity index (χ1v) is 8.93. The van der Waals surface area contributed by atoms with E-state index in [1.54, 1.807) is 6.82 Å². The van der Waals surface area contributed by atoms with E-state index in [0.717, 1.165) is 16.7 Å². The Bertz CT molecular complexity index is 740. The molecule has 1 unspecified atom stereocenters. The van der Waals surface area contributed by atoms with Gasteiger partial charge >= 0.3 is 13.0 Å². The summed E-state index contributed by atoms with van der Waals surface area (Å²) in [5.74, 6) is -0.495. The number of carbonyl (C=O) groups excluding carboxylic acids is 1. The number of rotatable bonds is 9. The first-order chi connectivity index (χ1) is 12.9. The van der Waals surface area contributed by atoms with Gasteiger partial charge in [0.25, 0.3) is 0 Å². The highest BCUT2D eigenvalue weighted by Gasteiger charge is 2.32. The van der Waals surface area contributed by atoms with Crippen LogP contribution in [-0.2, 0) is 27.3 Å². The molecule has 0 aliphatic carbocycles. The van der Waals surface area contributed by atoms with Crippen molar-refractivity contribution in [2.45, 2.75) is 38.9 Å². The van der Waals surface area contributed by atoms with E-state index in [2.05, 4.69) is 5.23 Å². The number of nitrogens with two attached hydrogens (primary N) is 1. The van der Waals surface area contributed by atoms with Crippen LogP contribution in [0.25, 0.3) is 0 Å². The molecule has 0 saturated heterocycles. The summed E-state index contributed by atoms with van der Waals surface area (Å²) in [5, 5.41) is 12.9. The maximum Gasteiger partial charge on any atom is 0.373 e. The molecule has 2 rings (SSSR count). The number of hydrogen-bond donors (Lipinski definition) is 3. The minimum absolute atomic E-state index is 0.258. The van der Waals surface area contributed by atoms with E-state index < -0.39 is 25.2 Å². The normalized spacial score (nSPS) is 13.0. The molecule has 0 spiro atoms. The Hall–Kier alpha value is -2.35. The lowest BCUT2D eigenvalue weighted by Gasteiger charge is -2.28. The molecule has 0 aliphatic rings. The number of methoxy groups -OCH3 is 1. The molecule has 2 aromatic carbocycles. The lowest BCUT2D eigenvalue weighted by Crippen LogP contribution is -2.52. The van der Waals surface area contributed by atoms with Crippen LogP contribution in [0.1, 0.15) is 16.7 Å². The minimum Gasteiger partial charge on any atom is -0.467 e. The summed E-state index contributed by atoms with van der Waals surface area (Å²) >= 11 is 0. The van der Waals surface area contributed by atoms with Crippen LogP contribution in [0.3, 0.4) is 0 Å². The fourth-order valence-corrected chi connectivity index (χ4v) is 2.94. The lowest BCUT2D eigenvalue weighted by atomic mass is 9.84. The Morgan fingerprint density at radius 3 is 2.59 bits per heavy atom. The van der Waals surface area contributed by atoms with Gasteiger partial charge in [0.1, 0.15) is 0 Å². The van der Waals surface area contributed by atoms with E-state index in [1.165, 1.54) is 7.11 Å². The van der Waals surface area contributed by atoms with Crippen molar-refractivity contribution < 1.29 is 19.3 Å². The quantitative estimate of drug-likeness (QED) is 0.355.